The van der Waals surface area contributed by atoms with E-state index in [4.69, 9.17) is 0 Å². The summed E-state index contributed by atoms with van der Waals surface area (Å²) >= 11 is 0. The summed E-state index contributed by atoms with van der Waals surface area (Å²) in [4.78, 5) is 13.5. The van der Waals surface area contributed by atoms with Gasteiger partial charge in [-0.05, 0) is 24.6 Å². The Bertz CT molecular complexity index is 358. The molecule has 2 heteroatoms. The smallest absolute Gasteiger partial charge is 0.230 e. The zero-order valence-corrected chi connectivity index (χ0v) is 8.73. The second-order valence-corrected chi connectivity index (χ2v) is 3.89. The Morgan fingerprint density at radius 2 is 2.13 bits per heavy atom. The molecule has 15 heavy (non-hydrogen) atoms. The van der Waals surface area contributed by atoms with Crippen LogP contribution in [-0.4, -0.2) is 17.4 Å². The Balaban J connectivity index is 2.03. The van der Waals surface area contributed by atoms with Crippen molar-refractivity contribution in [2.45, 2.75) is 12.8 Å². The average Bonchev–Trinajstić information content (AvgIpc) is 2.62. The van der Waals surface area contributed by atoms with E-state index in [0.717, 1.165) is 19.4 Å². The van der Waals surface area contributed by atoms with Crippen LogP contribution in [-0.2, 0) is 11.2 Å². The van der Waals surface area contributed by atoms with Crippen LogP contribution >= 0.6 is 0 Å². The van der Waals surface area contributed by atoms with Gasteiger partial charge in [-0.3, -0.25) is 4.79 Å². The molecule has 0 aliphatic carbocycles. The van der Waals surface area contributed by atoms with Crippen LogP contribution in [0.3, 0.4) is 0 Å². The molecule has 1 saturated heterocycles. The maximum Gasteiger partial charge on any atom is 0.230 e. The van der Waals surface area contributed by atoms with Gasteiger partial charge in [-0.25, -0.2) is 0 Å². The van der Waals surface area contributed by atoms with Crippen molar-refractivity contribution in [3.63, 3.8) is 0 Å². The molecular formula is C13H15NO. The molecule has 1 amide bonds. The van der Waals surface area contributed by atoms with Crippen molar-refractivity contribution in [3.8, 4) is 0 Å². The molecule has 2 nitrogen and oxygen atoms in total. The second-order valence-electron chi connectivity index (χ2n) is 3.89. The number of carbonyl (C=O) groups is 1. The molecule has 78 valence electrons. The average molecular weight is 201 g/mol. The molecule has 0 aromatic heterocycles. The summed E-state index contributed by atoms with van der Waals surface area (Å²) in [5, 5.41) is 0. The molecule has 0 N–H and O–H groups in total. The molecule has 0 saturated carbocycles. The highest BCUT2D eigenvalue weighted by Gasteiger charge is 2.29. The standard InChI is InChI=1S/C13H15NO/c1-2-14-9-8-12(13(14)15)10-11-6-4-3-5-7-11/h2-7,12H,1,8-10H2. The zero-order chi connectivity index (χ0) is 10.7. The Kier molecular flexibility index (Phi) is 2.86. The Hall–Kier alpha value is -1.57. The van der Waals surface area contributed by atoms with Crippen LogP contribution < -0.4 is 0 Å². The fourth-order valence-corrected chi connectivity index (χ4v) is 2.03. The van der Waals surface area contributed by atoms with E-state index in [9.17, 15) is 4.79 Å². The van der Waals surface area contributed by atoms with Gasteiger partial charge in [0.05, 0.1) is 0 Å². The van der Waals surface area contributed by atoms with Gasteiger partial charge < -0.3 is 4.90 Å². The third-order valence-electron chi connectivity index (χ3n) is 2.90. The van der Waals surface area contributed by atoms with E-state index in [-0.39, 0.29) is 11.8 Å². The molecule has 1 aromatic rings. The van der Waals surface area contributed by atoms with Crippen molar-refractivity contribution >= 4 is 5.91 Å². The summed E-state index contributed by atoms with van der Waals surface area (Å²) in [6.07, 6.45) is 3.43. The minimum Gasteiger partial charge on any atom is -0.319 e. The first kappa shape index (κ1) is 9.97. The van der Waals surface area contributed by atoms with Crippen LogP contribution in [0.15, 0.2) is 43.1 Å². The lowest BCUT2D eigenvalue weighted by molar-refractivity contribution is -0.128. The van der Waals surface area contributed by atoms with Gasteiger partial charge in [0.15, 0.2) is 0 Å². The monoisotopic (exact) mass is 201 g/mol. The fraction of sp³-hybridized carbons (Fsp3) is 0.308. The zero-order valence-electron chi connectivity index (χ0n) is 8.73. The highest BCUT2D eigenvalue weighted by atomic mass is 16.2. The van der Waals surface area contributed by atoms with Gasteiger partial charge in [-0.1, -0.05) is 36.9 Å². The topological polar surface area (TPSA) is 20.3 Å². The number of nitrogens with zero attached hydrogens (tertiary/aromatic N) is 1. The maximum atomic E-state index is 11.8. The van der Waals surface area contributed by atoms with Crippen LogP contribution in [0.5, 0.6) is 0 Å². The van der Waals surface area contributed by atoms with Crippen molar-refractivity contribution in [2.75, 3.05) is 6.54 Å². The minimum absolute atomic E-state index is 0.144. The summed E-state index contributed by atoms with van der Waals surface area (Å²) < 4.78 is 0. The normalized spacial score (nSPS) is 20.7. The summed E-state index contributed by atoms with van der Waals surface area (Å²) in [6.45, 7) is 4.46. The van der Waals surface area contributed by atoms with E-state index < -0.39 is 0 Å². The van der Waals surface area contributed by atoms with Crippen LogP contribution in [0, 0.1) is 5.92 Å². The summed E-state index contributed by atoms with van der Waals surface area (Å²) in [5.74, 6) is 0.360. The third-order valence-corrected chi connectivity index (χ3v) is 2.90. The Morgan fingerprint density at radius 1 is 1.40 bits per heavy atom. The fourth-order valence-electron chi connectivity index (χ4n) is 2.03. The van der Waals surface area contributed by atoms with Gasteiger partial charge in [0, 0.05) is 12.5 Å². The maximum absolute atomic E-state index is 11.8. The molecule has 2 rings (SSSR count). The summed E-state index contributed by atoms with van der Waals surface area (Å²) in [6, 6.07) is 10.2. The summed E-state index contributed by atoms with van der Waals surface area (Å²) in [7, 11) is 0. The number of rotatable bonds is 3. The molecule has 0 bridgehead atoms. The van der Waals surface area contributed by atoms with Crippen molar-refractivity contribution in [1.82, 2.24) is 4.90 Å². The van der Waals surface area contributed by atoms with E-state index in [1.54, 1.807) is 11.1 Å². The second kappa shape index (κ2) is 4.30. The number of benzene rings is 1. The molecule has 1 fully saturated rings. The van der Waals surface area contributed by atoms with E-state index in [0.29, 0.717) is 0 Å². The van der Waals surface area contributed by atoms with Crippen LogP contribution in [0.25, 0.3) is 0 Å². The van der Waals surface area contributed by atoms with E-state index >= 15 is 0 Å². The van der Waals surface area contributed by atoms with Crippen molar-refractivity contribution in [3.05, 3.63) is 48.7 Å². The highest BCUT2D eigenvalue weighted by molar-refractivity contribution is 5.82. The molecular weight excluding hydrogens is 186 g/mol. The number of hydrogen-bond acceptors (Lipinski definition) is 1. The first-order valence-corrected chi connectivity index (χ1v) is 5.28. The molecule has 1 heterocycles. The van der Waals surface area contributed by atoms with Crippen LogP contribution in [0.1, 0.15) is 12.0 Å². The van der Waals surface area contributed by atoms with Crippen LogP contribution in [0.4, 0.5) is 0 Å². The van der Waals surface area contributed by atoms with Crippen molar-refractivity contribution in [1.29, 1.82) is 0 Å². The molecule has 0 radical (unpaired) electrons. The quantitative estimate of drug-likeness (QED) is 0.734. The van der Waals surface area contributed by atoms with Gasteiger partial charge in [0.1, 0.15) is 0 Å². The van der Waals surface area contributed by atoms with Gasteiger partial charge in [0.2, 0.25) is 5.91 Å². The Labute approximate surface area is 90.2 Å². The van der Waals surface area contributed by atoms with Gasteiger partial charge in [0.25, 0.3) is 0 Å². The predicted octanol–water partition coefficient (Wildman–Crippen LogP) is 2.22. The lowest BCUT2D eigenvalue weighted by atomic mass is 9.98. The van der Waals surface area contributed by atoms with Gasteiger partial charge in [-0.2, -0.15) is 0 Å². The van der Waals surface area contributed by atoms with Crippen LogP contribution in [0.2, 0.25) is 0 Å². The molecule has 0 spiro atoms. The first-order valence-electron chi connectivity index (χ1n) is 5.28. The van der Waals surface area contributed by atoms with Gasteiger partial charge in [-0.15, -0.1) is 0 Å². The van der Waals surface area contributed by atoms with E-state index in [2.05, 4.69) is 18.7 Å². The molecule has 1 unspecified atom stereocenters. The molecule has 1 aliphatic heterocycles. The summed E-state index contributed by atoms with van der Waals surface area (Å²) in [5.41, 5.74) is 1.24. The van der Waals surface area contributed by atoms with Crippen molar-refractivity contribution < 1.29 is 4.79 Å². The lowest BCUT2D eigenvalue weighted by Gasteiger charge is -2.10. The number of likely N-dealkylation sites (tertiary alicyclic amines) is 1. The number of amides is 1. The minimum atomic E-state index is 0.144. The molecule has 1 aromatic carbocycles. The highest BCUT2D eigenvalue weighted by Crippen LogP contribution is 2.22. The van der Waals surface area contributed by atoms with E-state index in [1.165, 1.54) is 5.56 Å². The van der Waals surface area contributed by atoms with E-state index in [1.807, 2.05) is 18.2 Å². The lowest BCUT2D eigenvalue weighted by Crippen LogP contribution is -2.22. The number of carbonyl (C=O) groups excluding carboxylic acids is 1. The molecule has 1 atom stereocenters. The SMILES string of the molecule is C=CN1CCC(Cc2ccccc2)C1=O. The molecule has 1 aliphatic rings. The van der Waals surface area contributed by atoms with Crippen molar-refractivity contribution in [2.24, 2.45) is 5.92 Å². The largest absolute Gasteiger partial charge is 0.319 e. The number of hydrogen-bond donors (Lipinski definition) is 0. The Morgan fingerprint density at radius 3 is 2.73 bits per heavy atom. The van der Waals surface area contributed by atoms with Gasteiger partial charge >= 0.3 is 0 Å². The third kappa shape index (κ3) is 2.09. The predicted molar refractivity (Wildman–Crippen MR) is 60.2 cm³/mol. The first-order chi connectivity index (χ1) is 7.31.